The van der Waals surface area contributed by atoms with Gasteiger partial charge >= 0.3 is 0 Å². The largest absolute Gasteiger partial charge is 0.497 e. The van der Waals surface area contributed by atoms with Crippen LogP contribution in [-0.2, 0) is 6.54 Å². The number of hydrogen-bond donors (Lipinski definition) is 0. The van der Waals surface area contributed by atoms with Gasteiger partial charge < -0.3 is 14.2 Å². The molecule has 24 heavy (non-hydrogen) atoms. The summed E-state index contributed by atoms with van der Waals surface area (Å²) in [5.74, 6) is 1.35. The molecule has 0 saturated heterocycles. The molecule has 2 aromatic heterocycles. The van der Waals surface area contributed by atoms with Gasteiger partial charge in [-0.05, 0) is 38.1 Å². The van der Waals surface area contributed by atoms with Gasteiger partial charge in [0.15, 0.2) is 0 Å². The number of carbonyl (C=O) groups is 1. The summed E-state index contributed by atoms with van der Waals surface area (Å²) in [4.78, 5) is 18.9. The number of rotatable bonds is 4. The smallest absolute Gasteiger partial charge is 0.255 e. The highest BCUT2D eigenvalue weighted by atomic mass is 16.5. The Morgan fingerprint density at radius 1 is 1.25 bits per heavy atom. The average Bonchev–Trinajstić information content (AvgIpc) is 2.98. The predicted molar refractivity (Wildman–Crippen MR) is 90.1 cm³/mol. The predicted octanol–water partition coefficient (Wildman–Crippen LogP) is 3.12. The van der Waals surface area contributed by atoms with Crippen molar-refractivity contribution in [3.8, 4) is 5.75 Å². The third kappa shape index (κ3) is 3.08. The normalized spacial score (nSPS) is 10.8. The Kier molecular flexibility index (Phi) is 4.20. The molecule has 0 unspecified atom stereocenters. The fourth-order valence-electron chi connectivity index (χ4n) is 2.61. The first-order valence-electron chi connectivity index (χ1n) is 7.61. The number of pyridine rings is 1. The van der Waals surface area contributed by atoms with Crippen LogP contribution in [0.15, 0.2) is 34.9 Å². The number of aryl methyl sites for hydroxylation is 2. The molecule has 124 valence electrons. The molecule has 3 aromatic rings. The molecule has 0 radical (unpaired) electrons. The first kappa shape index (κ1) is 16.0. The van der Waals surface area contributed by atoms with Crippen molar-refractivity contribution in [1.29, 1.82) is 0 Å². The minimum Gasteiger partial charge on any atom is -0.497 e. The fourth-order valence-corrected chi connectivity index (χ4v) is 2.61. The van der Waals surface area contributed by atoms with Gasteiger partial charge in [-0.3, -0.25) is 9.78 Å². The van der Waals surface area contributed by atoms with E-state index in [4.69, 9.17) is 9.26 Å². The van der Waals surface area contributed by atoms with Gasteiger partial charge in [0.25, 0.3) is 5.91 Å². The van der Waals surface area contributed by atoms with E-state index in [1.807, 2.05) is 44.2 Å². The van der Waals surface area contributed by atoms with Crippen LogP contribution >= 0.6 is 0 Å². The van der Waals surface area contributed by atoms with Gasteiger partial charge in [0.05, 0.1) is 30.4 Å². The number of ether oxygens (including phenoxy) is 1. The van der Waals surface area contributed by atoms with E-state index in [1.165, 1.54) is 0 Å². The van der Waals surface area contributed by atoms with E-state index < -0.39 is 0 Å². The second kappa shape index (κ2) is 6.31. The van der Waals surface area contributed by atoms with Gasteiger partial charge in [-0.15, -0.1) is 0 Å². The summed E-state index contributed by atoms with van der Waals surface area (Å²) in [5.41, 5.74) is 2.82. The lowest BCUT2D eigenvalue weighted by atomic mass is 10.1. The lowest BCUT2D eigenvalue weighted by Crippen LogP contribution is -2.27. The van der Waals surface area contributed by atoms with Gasteiger partial charge in [-0.2, -0.15) is 0 Å². The molecule has 0 atom stereocenters. The third-order valence-electron chi connectivity index (χ3n) is 3.87. The first-order valence-corrected chi connectivity index (χ1v) is 7.61. The summed E-state index contributed by atoms with van der Waals surface area (Å²) >= 11 is 0. The van der Waals surface area contributed by atoms with Gasteiger partial charge in [0.2, 0.25) is 0 Å². The molecular formula is C18H19N3O3. The maximum atomic E-state index is 12.8. The topological polar surface area (TPSA) is 68.5 Å². The number of nitrogens with zero attached hydrogens (tertiary/aromatic N) is 3. The Hall–Kier alpha value is -2.89. The number of amides is 1. The fraction of sp³-hybridized carbons (Fsp3) is 0.278. The Morgan fingerprint density at radius 2 is 2.04 bits per heavy atom. The molecule has 2 heterocycles. The minimum absolute atomic E-state index is 0.106. The van der Waals surface area contributed by atoms with Crippen LogP contribution in [0, 0.1) is 13.8 Å². The monoisotopic (exact) mass is 325 g/mol. The highest BCUT2D eigenvalue weighted by Gasteiger charge is 2.17. The molecular weight excluding hydrogens is 306 g/mol. The van der Waals surface area contributed by atoms with E-state index in [0.29, 0.717) is 17.8 Å². The van der Waals surface area contributed by atoms with Crippen molar-refractivity contribution >= 4 is 16.8 Å². The first-order chi connectivity index (χ1) is 11.5. The van der Waals surface area contributed by atoms with E-state index in [0.717, 1.165) is 28.1 Å². The van der Waals surface area contributed by atoms with Crippen molar-refractivity contribution in [3.63, 3.8) is 0 Å². The van der Waals surface area contributed by atoms with Crippen molar-refractivity contribution in [2.24, 2.45) is 0 Å². The lowest BCUT2D eigenvalue weighted by Gasteiger charge is -2.17. The molecule has 6 nitrogen and oxygen atoms in total. The Balaban J connectivity index is 1.91. The van der Waals surface area contributed by atoms with Crippen LogP contribution in [0.5, 0.6) is 5.75 Å². The molecule has 0 fully saturated rings. The number of hydrogen-bond acceptors (Lipinski definition) is 5. The van der Waals surface area contributed by atoms with Crippen molar-refractivity contribution < 1.29 is 14.1 Å². The second-order valence-electron chi connectivity index (χ2n) is 5.77. The maximum Gasteiger partial charge on any atom is 0.255 e. The highest BCUT2D eigenvalue weighted by Crippen LogP contribution is 2.22. The zero-order valence-electron chi connectivity index (χ0n) is 14.2. The van der Waals surface area contributed by atoms with E-state index in [-0.39, 0.29) is 5.91 Å². The quantitative estimate of drug-likeness (QED) is 0.737. The summed E-state index contributed by atoms with van der Waals surface area (Å²) in [6.45, 7) is 4.04. The molecule has 0 bridgehead atoms. The molecule has 0 spiro atoms. The van der Waals surface area contributed by atoms with Crippen LogP contribution in [0.1, 0.15) is 27.5 Å². The van der Waals surface area contributed by atoms with Crippen molar-refractivity contribution in [2.45, 2.75) is 20.4 Å². The Labute approximate surface area is 140 Å². The highest BCUT2D eigenvalue weighted by molar-refractivity contribution is 5.98. The second-order valence-corrected chi connectivity index (χ2v) is 5.77. The van der Waals surface area contributed by atoms with Crippen LogP contribution in [0.2, 0.25) is 0 Å². The molecule has 0 aliphatic heterocycles. The van der Waals surface area contributed by atoms with Crippen molar-refractivity contribution in [2.75, 3.05) is 14.2 Å². The van der Waals surface area contributed by atoms with Gasteiger partial charge in [0, 0.05) is 18.5 Å². The third-order valence-corrected chi connectivity index (χ3v) is 3.87. The summed E-state index contributed by atoms with van der Waals surface area (Å²) in [5, 5.41) is 4.80. The van der Waals surface area contributed by atoms with Crippen LogP contribution in [0.25, 0.3) is 10.9 Å². The molecule has 0 N–H and O–H groups in total. The zero-order chi connectivity index (χ0) is 17.3. The van der Waals surface area contributed by atoms with E-state index >= 15 is 0 Å². The molecule has 0 saturated carbocycles. The Morgan fingerprint density at radius 3 is 2.71 bits per heavy atom. The summed E-state index contributed by atoms with van der Waals surface area (Å²) in [7, 11) is 3.35. The maximum absolute atomic E-state index is 12.8. The standard InChI is InChI=1S/C18H19N3O3/c1-11-7-14(20-24-11)10-21(3)18(22)16-9-13-8-15(23-4)5-6-17(13)19-12(16)2/h5-9H,10H2,1-4H3. The molecule has 6 heteroatoms. The van der Waals surface area contributed by atoms with E-state index in [2.05, 4.69) is 10.1 Å². The summed E-state index contributed by atoms with van der Waals surface area (Å²) in [6, 6.07) is 9.29. The Bertz CT molecular complexity index is 902. The molecule has 1 aromatic carbocycles. The van der Waals surface area contributed by atoms with Crippen molar-refractivity contribution in [3.05, 3.63) is 53.0 Å². The molecule has 0 aliphatic carbocycles. The number of carbonyl (C=O) groups excluding carboxylic acids is 1. The average molecular weight is 325 g/mol. The molecule has 0 aliphatic rings. The number of aromatic nitrogens is 2. The SMILES string of the molecule is COc1ccc2nc(C)c(C(=O)N(C)Cc3cc(C)on3)cc2c1. The van der Waals surface area contributed by atoms with Crippen LogP contribution in [0.4, 0.5) is 0 Å². The number of fused-ring (bicyclic) bond motifs is 1. The van der Waals surface area contributed by atoms with Crippen LogP contribution < -0.4 is 4.74 Å². The van der Waals surface area contributed by atoms with E-state index in [1.54, 1.807) is 19.1 Å². The summed E-state index contributed by atoms with van der Waals surface area (Å²) < 4.78 is 10.3. The van der Waals surface area contributed by atoms with Gasteiger partial charge in [-0.25, -0.2) is 0 Å². The van der Waals surface area contributed by atoms with Crippen molar-refractivity contribution in [1.82, 2.24) is 15.0 Å². The van der Waals surface area contributed by atoms with Crippen LogP contribution in [0.3, 0.4) is 0 Å². The summed E-state index contributed by atoms with van der Waals surface area (Å²) in [6.07, 6.45) is 0. The molecule has 1 amide bonds. The number of benzene rings is 1. The lowest BCUT2D eigenvalue weighted by molar-refractivity contribution is 0.0781. The minimum atomic E-state index is -0.106. The zero-order valence-corrected chi connectivity index (χ0v) is 14.2. The van der Waals surface area contributed by atoms with Gasteiger partial charge in [0.1, 0.15) is 17.2 Å². The van der Waals surface area contributed by atoms with Crippen LogP contribution in [-0.4, -0.2) is 35.1 Å². The molecule has 3 rings (SSSR count). The van der Waals surface area contributed by atoms with E-state index in [9.17, 15) is 4.79 Å². The van der Waals surface area contributed by atoms with Gasteiger partial charge in [-0.1, -0.05) is 5.16 Å². The number of methoxy groups -OCH3 is 1.